The highest BCUT2D eigenvalue weighted by Gasteiger charge is 2.11. The Morgan fingerprint density at radius 2 is 1.76 bits per heavy atom. The van der Waals surface area contributed by atoms with E-state index in [4.69, 9.17) is 0 Å². The summed E-state index contributed by atoms with van der Waals surface area (Å²) in [7, 11) is 0. The third kappa shape index (κ3) is 6.84. The molecule has 29 heavy (non-hydrogen) atoms. The first-order valence-corrected chi connectivity index (χ1v) is 10.4. The van der Waals surface area contributed by atoms with E-state index < -0.39 is 6.03 Å². The van der Waals surface area contributed by atoms with Gasteiger partial charge in [-0.2, -0.15) is 0 Å². The van der Waals surface area contributed by atoms with Crippen LogP contribution in [0.4, 0.5) is 20.0 Å². The molecule has 7 nitrogen and oxygen atoms in total. The smallest absolute Gasteiger partial charge is 0.325 e. The Bertz CT molecular complexity index is 977. The van der Waals surface area contributed by atoms with E-state index in [0.29, 0.717) is 21.7 Å². The van der Waals surface area contributed by atoms with Crippen molar-refractivity contribution in [3.05, 3.63) is 65.5 Å². The summed E-state index contributed by atoms with van der Waals surface area (Å²) in [4.78, 5) is 23.9. The quantitative estimate of drug-likeness (QED) is 0.388. The number of aromatic nitrogens is 2. The van der Waals surface area contributed by atoms with Gasteiger partial charge in [0.1, 0.15) is 5.82 Å². The molecule has 1 heterocycles. The molecule has 0 fully saturated rings. The van der Waals surface area contributed by atoms with Crippen LogP contribution in [0.5, 0.6) is 0 Å². The second-order valence-corrected chi connectivity index (χ2v) is 8.21. The van der Waals surface area contributed by atoms with E-state index in [0.717, 1.165) is 16.9 Å². The zero-order valence-corrected chi connectivity index (χ0v) is 17.1. The van der Waals surface area contributed by atoms with Gasteiger partial charge in [0, 0.05) is 12.2 Å². The molecule has 0 radical (unpaired) electrons. The lowest BCUT2D eigenvalue weighted by atomic mass is 10.1. The molecule has 0 saturated carbocycles. The highest BCUT2D eigenvalue weighted by Crippen LogP contribution is 2.25. The van der Waals surface area contributed by atoms with Crippen LogP contribution in [0.25, 0.3) is 0 Å². The minimum absolute atomic E-state index is 0.116. The fraction of sp³-hybridized carbons (Fsp3) is 0.158. The van der Waals surface area contributed by atoms with Crippen molar-refractivity contribution in [3.63, 3.8) is 0 Å². The Hall–Kier alpha value is -2.98. The van der Waals surface area contributed by atoms with Gasteiger partial charge < -0.3 is 10.6 Å². The largest absolute Gasteiger partial charge is 0.351 e. The number of hydrogen-bond acceptors (Lipinski definition) is 6. The lowest BCUT2D eigenvalue weighted by Gasteiger charge is -2.05. The molecule has 3 amide bonds. The van der Waals surface area contributed by atoms with E-state index in [1.165, 1.54) is 41.6 Å². The van der Waals surface area contributed by atoms with Crippen LogP contribution in [0.15, 0.2) is 52.9 Å². The fourth-order valence-corrected chi connectivity index (χ4v) is 3.77. The van der Waals surface area contributed by atoms with Crippen LogP contribution in [-0.4, -0.2) is 27.9 Å². The lowest BCUT2D eigenvalue weighted by Crippen LogP contribution is -2.24. The van der Waals surface area contributed by atoms with E-state index >= 15 is 0 Å². The van der Waals surface area contributed by atoms with Crippen molar-refractivity contribution in [3.8, 4) is 0 Å². The molecular weight excluding hydrogens is 413 g/mol. The van der Waals surface area contributed by atoms with Crippen LogP contribution < -0.4 is 16.0 Å². The molecule has 0 saturated heterocycles. The van der Waals surface area contributed by atoms with Gasteiger partial charge >= 0.3 is 6.03 Å². The fourth-order valence-electron chi connectivity index (χ4n) is 2.20. The summed E-state index contributed by atoms with van der Waals surface area (Å²) in [5.74, 6) is -0.304. The second kappa shape index (κ2) is 9.99. The number of thioether (sulfide) groups is 1. The number of hydrogen-bond donors (Lipinski definition) is 3. The van der Waals surface area contributed by atoms with Crippen molar-refractivity contribution in [2.24, 2.45) is 0 Å². The van der Waals surface area contributed by atoms with Crippen molar-refractivity contribution in [1.29, 1.82) is 0 Å². The van der Waals surface area contributed by atoms with Gasteiger partial charge in [-0.25, -0.2) is 9.18 Å². The molecule has 0 bridgehead atoms. The predicted molar refractivity (Wildman–Crippen MR) is 113 cm³/mol. The second-order valence-electron chi connectivity index (χ2n) is 6.01. The van der Waals surface area contributed by atoms with Crippen LogP contribution >= 0.6 is 23.1 Å². The first-order chi connectivity index (χ1) is 14.0. The first-order valence-electron chi connectivity index (χ1n) is 8.60. The van der Waals surface area contributed by atoms with Crippen LogP contribution in [0.2, 0.25) is 0 Å². The number of benzene rings is 2. The van der Waals surface area contributed by atoms with Gasteiger partial charge in [-0.1, -0.05) is 52.9 Å². The maximum Gasteiger partial charge on any atom is 0.325 e. The molecule has 0 aliphatic carbocycles. The van der Waals surface area contributed by atoms with Crippen molar-refractivity contribution in [1.82, 2.24) is 15.5 Å². The van der Waals surface area contributed by atoms with Gasteiger partial charge in [0.05, 0.1) is 5.75 Å². The molecule has 0 unspecified atom stereocenters. The first kappa shape index (κ1) is 20.7. The van der Waals surface area contributed by atoms with Gasteiger partial charge in [0.25, 0.3) is 0 Å². The Morgan fingerprint density at radius 1 is 1.03 bits per heavy atom. The number of nitrogens with zero attached hydrogens (tertiary/aromatic N) is 2. The summed E-state index contributed by atoms with van der Waals surface area (Å²) < 4.78 is 13.4. The number of carbonyl (C=O) groups excluding carboxylic acids is 2. The number of halogens is 1. The van der Waals surface area contributed by atoms with Crippen LogP contribution in [0.3, 0.4) is 0 Å². The molecule has 1 aromatic heterocycles. The molecule has 0 spiro atoms. The highest BCUT2D eigenvalue weighted by atomic mass is 32.2. The number of nitrogens with one attached hydrogen (secondary N) is 3. The predicted octanol–water partition coefficient (Wildman–Crippen LogP) is 4.04. The summed E-state index contributed by atoms with van der Waals surface area (Å²) in [5, 5.41) is 16.1. The molecule has 0 aliphatic heterocycles. The number of amides is 3. The topological polar surface area (TPSA) is 96.0 Å². The van der Waals surface area contributed by atoms with Crippen molar-refractivity contribution >= 4 is 45.9 Å². The van der Waals surface area contributed by atoms with E-state index in [2.05, 4.69) is 26.1 Å². The van der Waals surface area contributed by atoms with Crippen molar-refractivity contribution < 1.29 is 14.0 Å². The Kier molecular flexibility index (Phi) is 7.14. The number of carbonyl (C=O) groups is 2. The van der Waals surface area contributed by atoms with Crippen molar-refractivity contribution in [2.75, 3.05) is 16.4 Å². The van der Waals surface area contributed by atoms with Gasteiger partial charge in [0.15, 0.2) is 4.34 Å². The molecule has 2 aromatic carbocycles. The SMILES string of the molecule is Cc1ccc(CNC(=O)CSc2nnc(NC(=O)Nc3ccc(F)cc3)s2)cc1. The van der Waals surface area contributed by atoms with Gasteiger partial charge in [0.2, 0.25) is 11.0 Å². The number of rotatable bonds is 7. The van der Waals surface area contributed by atoms with Crippen LogP contribution in [0, 0.1) is 12.7 Å². The van der Waals surface area contributed by atoms with Crippen LogP contribution in [0.1, 0.15) is 11.1 Å². The summed E-state index contributed by atoms with van der Waals surface area (Å²) in [6.07, 6.45) is 0. The summed E-state index contributed by atoms with van der Waals surface area (Å²) in [6, 6.07) is 12.8. The summed E-state index contributed by atoms with van der Waals surface area (Å²) >= 11 is 2.40. The molecule has 0 atom stereocenters. The van der Waals surface area contributed by atoms with Gasteiger partial charge in [-0.15, -0.1) is 10.2 Å². The Labute approximate surface area is 175 Å². The zero-order valence-electron chi connectivity index (χ0n) is 15.4. The van der Waals surface area contributed by atoms with E-state index in [-0.39, 0.29) is 17.5 Å². The third-order valence-electron chi connectivity index (χ3n) is 3.67. The Balaban J connectivity index is 1.41. The van der Waals surface area contributed by atoms with E-state index in [9.17, 15) is 14.0 Å². The highest BCUT2D eigenvalue weighted by molar-refractivity contribution is 8.01. The molecule has 3 N–H and O–H groups in total. The third-order valence-corrected chi connectivity index (χ3v) is 5.64. The van der Waals surface area contributed by atoms with Crippen molar-refractivity contribution in [2.45, 2.75) is 17.8 Å². The minimum Gasteiger partial charge on any atom is -0.351 e. The monoisotopic (exact) mass is 431 g/mol. The maximum atomic E-state index is 12.9. The average molecular weight is 432 g/mol. The minimum atomic E-state index is -0.514. The lowest BCUT2D eigenvalue weighted by molar-refractivity contribution is -0.118. The zero-order chi connectivity index (χ0) is 20.6. The average Bonchev–Trinajstić information content (AvgIpc) is 3.15. The normalized spacial score (nSPS) is 10.4. The number of anilines is 2. The molecule has 10 heteroatoms. The van der Waals surface area contributed by atoms with Crippen LogP contribution in [-0.2, 0) is 11.3 Å². The summed E-state index contributed by atoms with van der Waals surface area (Å²) in [5.41, 5.74) is 2.65. The van der Waals surface area contributed by atoms with Gasteiger partial charge in [-0.3, -0.25) is 10.1 Å². The standard InChI is InChI=1S/C19H18FN5O2S2/c1-12-2-4-13(5-3-12)10-21-16(26)11-28-19-25-24-18(29-19)23-17(27)22-15-8-6-14(20)7-9-15/h2-9H,10-11H2,1H3,(H,21,26)(H2,22,23,24,27). The molecule has 3 rings (SSSR count). The van der Waals surface area contributed by atoms with E-state index in [1.807, 2.05) is 31.2 Å². The van der Waals surface area contributed by atoms with E-state index in [1.54, 1.807) is 0 Å². The molecular formula is C19H18FN5O2S2. The summed E-state index contributed by atoms with van der Waals surface area (Å²) in [6.45, 7) is 2.47. The molecule has 3 aromatic rings. The maximum absolute atomic E-state index is 12.9. The molecule has 0 aliphatic rings. The number of urea groups is 1. The number of aryl methyl sites for hydroxylation is 1. The van der Waals surface area contributed by atoms with Gasteiger partial charge in [-0.05, 0) is 36.8 Å². The Morgan fingerprint density at radius 3 is 2.48 bits per heavy atom. The molecule has 150 valence electrons.